The summed E-state index contributed by atoms with van der Waals surface area (Å²) in [5.41, 5.74) is 2.33. The summed E-state index contributed by atoms with van der Waals surface area (Å²) in [4.78, 5) is 0. The summed E-state index contributed by atoms with van der Waals surface area (Å²) in [5.74, 6) is 0.788. The fourth-order valence-corrected chi connectivity index (χ4v) is 1.30. The monoisotopic (exact) mass is 190 g/mol. The first-order valence-electron chi connectivity index (χ1n) is 5.13. The van der Waals surface area contributed by atoms with E-state index in [4.69, 9.17) is 4.74 Å². The van der Waals surface area contributed by atoms with Crippen molar-refractivity contribution in [1.29, 1.82) is 0 Å². The highest BCUT2D eigenvalue weighted by atomic mass is 16.5. The van der Waals surface area contributed by atoms with Crippen LogP contribution in [0.25, 0.3) is 5.76 Å². The van der Waals surface area contributed by atoms with Crippen LogP contribution < -0.4 is 0 Å². The molecule has 76 valence electrons. The van der Waals surface area contributed by atoms with E-state index in [0.717, 1.165) is 30.8 Å². The van der Waals surface area contributed by atoms with E-state index in [0.29, 0.717) is 0 Å². The summed E-state index contributed by atoms with van der Waals surface area (Å²) >= 11 is 0. The number of aryl methyl sites for hydroxylation is 1. The molecule has 0 fully saturated rings. The molecule has 1 nitrogen and oxygen atoms in total. The minimum absolute atomic E-state index is 0.768. The first-order chi connectivity index (χ1) is 6.75. The molecule has 0 bridgehead atoms. The van der Waals surface area contributed by atoms with E-state index in [-0.39, 0.29) is 0 Å². The standard InChI is InChI=1S/C13H18O/c1-4-5-10-14-12(3)13-9-7-6-8-11(13)2/h6-9H,3-5,10H2,1-2H3. The Balaban J connectivity index is 2.56. The molecule has 14 heavy (non-hydrogen) atoms. The van der Waals surface area contributed by atoms with Crippen molar-refractivity contribution >= 4 is 5.76 Å². The molecule has 0 unspecified atom stereocenters. The molecule has 0 atom stereocenters. The number of ether oxygens (including phenoxy) is 1. The number of hydrogen-bond acceptors (Lipinski definition) is 1. The van der Waals surface area contributed by atoms with Gasteiger partial charge in [-0.3, -0.25) is 0 Å². The molecule has 0 aromatic heterocycles. The van der Waals surface area contributed by atoms with E-state index >= 15 is 0 Å². The summed E-state index contributed by atoms with van der Waals surface area (Å²) in [6, 6.07) is 8.15. The lowest BCUT2D eigenvalue weighted by Gasteiger charge is -2.10. The third kappa shape index (κ3) is 2.91. The maximum Gasteiger partial charge on any atom is 0.119 e. The Labute approximate surface area is 86.4 Å². The Kier molecular flexibility index (Phi) is 4.24. The van der Waals surface area contributed by atoms with Crippen LogP contribution in [0.5, 0.6) is 0 Å². The Morgan fingerprint density at radius 1 is 1.36 bits per heavy atom. The molecule has 0 spiro atoms. The third-order valence-corrected chi connectivity index (χ3v) is 2.22. The zero-order chi connectivity index (χ0) is 10.4. The Bertz CT molecular complexity index is 302. The molecular weight excluding hydrogens is 172 g/mol. The second kappa shape index (κ2) is 5.48. The minimum atomic E-state index is 0.768. The maximum atomic E-state index is 5.55. The highest BCUT2D eigenvalue weighted by molar-refractivity contribution is 5.60. The molecule has 1 heteroatoms. The average Bonchev–Trinajstić information content (AvgIpc) is 2.18. The molecule has 0 N–H and O–H groups in total. The maximum absolute atomic E-state index is 5.55. The molecule has 1 rings (SSSR count). The molecule has 1 aromatic rings. The zero-order valence-corrected chi connectivity index (χ0v) is 9.05. The number of benzene rings is 1. The van der Waals surface area contributed by atoms with Crippen LogP contribution in [0, 0.1) is 6.92 Å². The second-order valence-electron chi connectivity index (χ2n) is 3.44. The van der Waals surface area contributed by atoms with E-state index in [1.807, 2.05) is 18.2 Å². The van der Waals surface area contributed by atoms with E-state index < -0.39 is 0 Å². The second-order valence-corrected chi connectivity index (χ2v) is 3.44. The average molecular weight is 190 g/mol. The summed E-state index contributed by atoms with van der Waals surface area (Å²) in [6.07, 6.45) is 2.24. The topological polar surface area (TPSA) is 9.23 Å². The molecule has 0 aliphatic carbocycles. The number of unbranched alkanes of at least 4 members (excludes halogenated alkanes) is 1. The van der Waals surface area contributed by atoms with Gasteiger partial charge in [0.05, 0.1) is 6.61 Å². The van der Waals surface area contributed by atoms with Gasteiger partial charge in [0.25, 0.3) is 0 Å². The van der Waals surface area contributed by atoms with Gasteiger partial charge in [-0.05, 0) is 18.9 Å². The van der Waals surface area contributed by atoms with Gasteiger partial charge in [0.2, 0.25) is 0 Å². The van der Waals surface area contributed by atoms with E-state index in [1.165, 1.54) is 5.56 Å². The highest BCUT2D eigenvalue weighted by Gasteiger charge is 2.01. The van der Waals surface area contributed by atoms with Crippen LogP contribution in [0.15, 0.2) is 30.8 Å². The van der Waals surface area contributed by atoms with Crippen molar-refractivity contribution in [3.63, 3.8) is 0 Å². The normalized spacial score (nSPS) is 9.86. The van der Waals surface area contributed by atoms with Crippen LogP contribution in [0.4, 0.5) is 0 Å². The van der Waals surface area contributed by atoms with Crippen LogP contribution >= 0.6 is 0 Å². The van der Waals surface area contributed by atoms with Crippen molar-refractivity contribution in [2.24, 2.45) is 0 Å². The van der Waals surface area contributed by atoms with Crippen molar-refractivity contribution in [2.45, 2.75) is 26.7 Å². The van der Waals surface area contributed by atoms with Gasteiger partial charge in [0.1, 0.15) is 5.76 Å². The lowest BCUT2D eigenvalue weighted by molar-refractivity contribution is 0.271. The van der Waals surface area contributed by atoms with Gasteiger partial charge in [0, 0.05) is 5.56 Å². The van der Waals surface area contributed by atoms with Crippen molar-refractivity contribution < 1.29 is 4.74 Å². The predicted octanol–water partition coefficient (Wildman–Crippen LogP) is 3.78. The number of hydrogen-bond donors (Lipinski definition) is 0. The molecule has 0 saturated heterocycles. The van der Waals surface area contributed by atoms with Crippen molar-refractivity contribution in [2.75, 3.05) is 6.61 Å². The van der Waals surface area contributed by atoms with Gasteiger partial charge in [0.15, 0.2) is 0 Å². The summed E-state index contributed by atoms with van der Waals surface area (Å²) in [7, 11) is 0. The fraction of sp³-hybridized carbons (Fsp3) is 0.385. The Morgan fingerprint density at radius 2 is 2.07 bits per heavy atom. The molecule has 0 aliphatic rings. The SMILES string of the molecule is C=C(OCCCC)c1ccccc1C. The van der Waals surface area contributed by atoms with Gasteiger partial charge in [-0.1, -0.05) is 44.2 Å². The molecular formula is C13H18O. The lowest BCUT2D eigenvalue weighted by atomic mass is 10.1. The predicted molar refractivity (Wildman–Crippen MR) is 61.1 cm³/mol. The summed E-state index contributed by atoms with van der Waals surface area (Å²) < 4.78 is 5.55. The van der Waals surface area contributed by atoms with Crippen molar-refractivity contribution in [3.8, 4) is 0 Å². The lowest BCUT2D eigenvalue weighted by Crippen LogP contribution is -1.95. The highest BCUT2D eigenvalue weighted by Crippen LogP contribution is 2.17. The van der Waals surface area contributed by atoms with Crippen LogP contribution in [0.3, 0.4) is 0 Å². The molecule has 1 aromatic carbocycles. The van der Waals surface area contributed by atoms with E-state index in [1.54, 1.807) is 0 Å². The largest absolute Gasteiger partial charge is 0.494 e. The zero-order valence-electron chi connectivity index (χ0n) is 9.05. The van der Waals surface area contributed by atoms with E-state index in [9.17, 15) is 0 Å². The van der Waals surface area contributed by atoms with Gasteiger partial charge in [-0.15, -0.1) is 0 Å². The third-order valence-electron chi connectivity index (χ3n) is 2.22. The first kappa shape index (κ1) is 10.8. The van der Waals surface area contributed by atoms with Gasteiger partial charge in [-0.25, -0.2) is 0 Å². The van der Waals surface area contributed by atoms with Crippen LogP contribution in [-0.2, 0) is 4.74 Å². The van der Waals surface area contributed by atoms with Crippen molar-refractivity contribution in [3.05, 3.63) is 42.0 Å². The number of rotatable bonds is 5. The smallest absolute Gasteiger partial charge is 0.119 e. The van der Waals surface area contributed by atoms with Gasteiger partial charge >= 0.3 is 0 Å². The van der Waals surface area contributed by atoms with Gasteiger partial charge in [-0.2, -0.15) is 0 Å². The Morgan fingerprint density at radius 3 is 2.71 bits per heavy atom. The fourth-order valence-electron chi connectivity index (χ4n) is 1.30. The van der Waals surface area contributed by atoms with Crippen LogP contribution in [0.1, 0.15) is 30.9 Å². The molecule has 0 saturated carbocycles. The molecule has 0 aliphatic heterocycles. The Hall–Kier alpha value is -1.24. The van der Waals surface area contributed by atoms with Crippen molar-refractivity contribution in [1.82, 2.24) is 0 Å². The summed E-state index contributed by atoms with van der Waals surface area (Å²) in [5, 5.41) is 0. The minimum Gasteiger partial charge on any atom is -0.494 e. The molecule has 0 amide bonds. The van der Waals surface area contributed by atoms with Gasteiger partial charge < -0.3 is 4.74 Å². The molecule has 0 radical (unpaired) electrons. The van der Waals surface area contributed by atoms with E-state index in [2.05, 4.69) is 26.5 Å². The quantitative estimate of drug-likeness (QED) is 0.507. The van der Waals surface area contributed by atoms with Crippen LogP contribution in [0.2, 0.25) is 0 Å². The summed E-state index contributed by atoms with van der Waals surface area (Å²) in [6.45, 7) is 8.93. The van der Waals surface area contributed by atoms with Crippen LogP contribution in [-0.4, -0.2) is 6.61 Å². The molecule has 0 heterocycles. The first-order valence-corrected chi connectivity index (χ1v) is 5.13.